The molecule has 0 aliphatic heterocycles. The average molecular weight is 489 g/mol. The number of para-hydroxylation sites is 1. The van der Waals surface area contributed by atoms with E-state index in [1.165, 1.54) is 27.0 Å². The van der Waals surface area contributed by atoms with E-state index in [9.17, 15) is 14.4 Å². The molecule has 0 unspecified atom stereocenters. The number of aliphatic imine (C=N–C) groups is 1. The zero-order valence-electron chi connectivity index (χ0n) is 21.5. The molecule has 0 aliphatic rings. The fourth-order valence-corrected chi connectivity index (χ4v) is 3.19. The Bertz CT molecular complexity index is 940. The number of benzene rings is 1. The van der Waals surface area contributed by atoms with Gasteiger partial charge in [-0.2, -0.15) is 0 Å². The molecule has 0 aromatic heterocycles. The number of nitrogens with zero attached hydrogens (tertiary/aromatic N) is 1. The van der Waals surface area contributed by atoms with Gasteiger partial charge in [-0.05, 0) is 58.0 Å². The van der Waals surface area contributed by atoms with Crippen molar-refractivity contribution in [3.8, 4) is 5.75 Å². The number of esters is 2. The highest BCUT2D eigenvalue weighted by Crippen LogP contribution is 2.22. The molecule has 192 valence electrons. The number of carbonyl (C=O) groups excluding carboxylic acids is 3. The lowest BCUT2D eigenvalue weighted by molar-refractivity contribution is -0.157. The van der Waals surface area contributed by atoms with Crippen LogP contribution in [0.25, 0.3) is 0 Å². The van der Waals surface area contributed by atoms with Crippen LogP contribution in [0.2, 0.25) is 0 Å². The van der Waals surface area contributed by atoms with Crippen LogP contribution in [-0.4, -0.2) is 49.9 Å². The Kier molecular flexibility index (Phi) is 12.3. The van der Waals surface area contributed by atoms with Crippen molar-refractivity contribution in [1.29, 1.82) is 0 Å². The van der Waals surface area contributed by atoms with E-state index in [1.54, 1.807) is 13.8 Å². The second-order valence-electron chi connectivity index (χ2n) is 7.90. The summed E-state index contributed by atoms with van der Waals surface area (Å²) < 4.78 is 22.0. The molecule has 0 fully saturated rings. The van der Waals surface area contributed by atoms with Gasteiger partial charge in [-0.3, -0.25) is 14.6 Å². The van der Waals surface area contributed by atoms with Gasteiger partial charge in [0, 0.05) is 6.92 Å². The van der Waals surface area contributed by atoms with Crippen LogP contribution < -0.4 is 10.1 Å². The summed E-state index contributed by atoms with van der Waals surface area (Å²) in [5, 5.41) is 2.50. The monoisotopic (exact) mass is 488 g/mol. The Morgan fingerprint density at radius 1 is 1.14 bits per heavy atom. The second-order valence-corrected chi connectivity index (χ2v) is 7.90. The van der Waals surface area contributed by atoms with Crippen molar-refractivity contribution < 1.29 is 33.3 Å². The third kappa shape index (κ3) is 8.92. The summed E-state index contributed by atoms with van der Waals surface area (Å²) in [6.07, 6.45) is 1.33. The van der Waals surface area contributed by atoms with Gasteiger partial charge < -0.3 is 24.3 Å². The minimum absolute atomic E-state index is 0.0991. The maximum Gasteiger partial charge on any atom is 0.328 e. The maximum absolute atomic E-state index is 12.9. The molecule has 35 heavy (non-hydrogen) atoms. The number of hydrogen-bond donors (Lipinski definition) is 1. The molecule has 0 radical (unpaired) electrons. The van der Waals surface area contributed by atoms with Gasteiger partial charge >= 0.3 is 11.9 Å². The summed E-state index contributed by atoms with van der Waals surface area (Å²) in [7, 11) is 1.35. The summed E-state index contributed by atoms with van der Waals surface area (Å²) >= 11 is 0. The fourth-order valence-electron chi connectivity index (χ4n) is 3.19. The van der Waals surface area contributed by atoms with E-state index in [-0.39, 0.29) is 23.1 Å². The second kappa shape index (κ2) is 14.6. The Morgan fingerprint density at radius 2 is 1.77 bits per heavy atom. The van der Waals surface area contributed by atoms with Crippen molar-refractivity contribution in [3.63, 3.8) is 0 Å². The van der Waals surface area contributed by atoms with Crippen molar-refractivity contribution in [2.24, 2.45) is 10.9 Å². The largest absolute Gasteiger partial charge is 0.493 e. The number of hydrogen-bond acceptors (Lipinski definition) is 8. The van der Waals surface area contributed by atoms with Crippen LogP contribution in [0.1, 0.15) is 48.0 Å². The van der Waals surface area contributed by atoms with Gasteiger partial charge in [0.2, 0.25) is 5.76 Å². The number of methoxy groups -OCH3 is 1. The lowest BCUT2D eigenvalue weighted by Gasteiger charge is -2.30. The quantitative estimate of drug-likeness (QED) is 0.147. The third-order valence-electron chi connectivity index (χ3n) is 5.23. The molecule has 0 saturated carbocycles. The highest BCUT2D eigenvalue weighted by molar-refractivity contribution is 5.97. The minimum atomic E-state index is -1.04. The molecule has 0 saturated heterocycles. The smallest absolute Gasteiger partial charge is 0.328 e. The summed E-state index contributed by atoms with van der Waals surface area (Å²) in [5.41, 5.74) is -0.312. The molecule has 1 aromatic carbocycles. The molecule has 0 aliphatic carbocycles. The van der Waals surface area contributed by atoms with Crippen LogP contribution in [0.3, 0.4) is 0 Å². The van der Waals surface area contributed by atoms with Gasteiger partial charge in [0.25, 0.3) is 5.91 Å². The number of rotatable bonds is 13. The molecule has 1 amide bonds. The van der Waals surface area contributed by atoms with Crippen molar-refractivity contribution in [3.05, 3.63) is 53.6 Å². The van der Waals surface area contributed by atoms with Crippen LogP contribution in [0.15, 0.2) is 58.6 Å². The molecule has 0 heterocycles. The number of allylic oxidation sites excluding steroid dienone is 1. The first-order valence-corrected chi connectivity index (χ1v) is 11.4. The van der Waals surface area contributed by atoms with Crippen LogP contribution in [-0.2, 0) is 28.6 Å². The zero-order chi connectivity index (χ0) is 26.5. The highest BCUT2D eigenvalue weighted by atomic mass is 16.6. The molecule has 1 rings (SSSR count). The number of ether oxygens (including phenoxy) is 4. The van der Waals surface area contributed by atoms with E-state index >= 15 is 0 Å². The van der Waals surface area contributed by atoms with Crippen LogP contribution in [0, 0.1) is 5.92 Å². The zero-order valence-corrected chi connectivity index (χ0v) is 21.5. The molecule has 0 spiro atoms. The predicted molar refractivity (Wildman–Crippen MR) is 133 cm³/mol. The molecule has 9 nitrogen and oxygen atoms in total. The van der Waals surface area contributed by atoms with Crippen molar-refractivity contribution in [2.45, 2.75) is 66.2 Å². The lowest BCUT2D eigenvalue weighted by Crippen LogP contribution is -2.45. The van der Waals surface area contributed by atoms with E-state index in [4.69, 9.17) is 18.9 Å². The molecule has 9 heteroatoms. The molecular weight excluding hydrogens is 452 g/mol. The average Bonchev–Trinajstić information content (AvgIpc) is 2.83. The van der Waals surface area contributed by atoms with E-state index in [1.807, 2.05) is 44.2 Å². The van der Waals surface area contributed by atoms with E-state index < -0.39 is 36.1 Å². The van der Waals surface area contributed by atoms with E-state index in [2.05, 4.69) is 17.0 Å². The molecule has 1 N–H and O–H groups in total. The third-order valence-corrected chi connectivity index (χ3v) is 5.23. The van der Waals surface area contributed by atoms with Crippen LogP contribution in [0.4, 0.5) is 0 Å². The van der Waals surface area contributed by atoms with Gasteiger partial charge in [0.15, 0.2) is 11.5 Å². The maximum atomic E-state index is 12.9. The summed E-state index contributed by atoms with van der Waals surface area (Å²) in [4.78, 5) is 40.9. The topological polar surface area (TPSA) is 113 Å². The van der Waals surface area contributed by atoms with Crippen molar-refractivity contribution in [2.75, 3.05) is 7.11 Å². The van der Waals surface area contributed by atoms with Gasteiger partial charge in [-0.15, -0.1) is 0 Å². The van der Waals surface area contributed by atoms with Gasteiger partial charge in [0.1, 0.15) is 24.0 Å². The molecule has 4 atom stereocenters. The number of carbonyl (C=O) groups is 3. The number of nitrogens with one attached hydrogen (secondary N) is 1. The number of amides is 1. The first-order chi connectivity index (χ1) is 16.6. The molecule has 1 aromatic rings. The molecule has 0 bridgehead atoms. The van der Waals surface area contributed by atoms with Gasteiger partial charge in [-0.25, -0.2) is 4.79 Å². The fraction of sp³-hybridized carbons (Fsp3) is 0.462. The lowest BCUT2D eigenvalue weighted by atomic mass is 9.97. The summed E-state index contributed by atoms with van der Waals surface area (Å²) in [5.74, 6) is -1.46. The first-order valence-electron chi connectivity index (χ1n) is 11.4. The standard InChI is InChI=1S/C26H36N2O7/c1-9-16(3)23(35-20-14-12-11-13-15-20)18(5)33-26(31)17(4)28-25(30)22(27-7)24(34-19(6)29)21(10-2)32-8/h10-18,23H,7,9H2,1-6,8H3,(H,28,30)/b21-10+,24-22+/t16-,17-,18-,23+/m0/s1. The van der Waals surface area contributed by atoms with Gasteiger partial charge in [0.05, 0.1) is 7.11 Å². The summed E-state index contributed by atoms with van der Waals surface area (Å²) in [6, 6.07) is 8.25. The Labute approximate surface area is 207 Å². The normalized spacial score (nSPS) is 15.5. The molecular formula is C26H36N2O7. The SMILES string of the molecule is C=N/C(C(=O)N[C@@H](C)C(=O)O[C@@H](C)[C@H](Oc1ccccc1)[C@@H](C)CC)=C(OC(C)=O)\C(=C/C)OC. The Balaban J connectivity index is 3.01. The van der Waals surface area contributed by atoms with Crippen LogP contribution in [0.5, 0.6) is 5.75 Å². The minimum Gasteiger partial charge on any atom is -0.493 e. The Morgan fingerprint density at radius 3 is 2.26 bits per heavy atom. The summed E-state index contributed by atoms with van der Waals surface area (Å²) in [6.45, 7) is 13.5. The highest BCUT2D eigenvalue weighted by Gasteiger charge is 2.31. The van der Waals surface area contributed by atoms with Crippen LogP contribution >= 0.6 is 0 Å². The van der Waals surface area contributed by atoms with E-state index in [0.29, 0.717) is 5.75 Å². The first kappa shape index (κ1) is 29.4. The van der Waals surface area contributed by atoms with Crippen molar-refractivity contribution in [1.82, 2.24) is 5.32 Å². The van der Waals surface area contributed by atoms with Crippen molar-refractivity contribution >= 4 is 24.6 Å². The predicted octanol–water partition coefficient (Wildman–Crippen LogP) is 3.94. The van der Waals surface area contributed by atoms with E-state index in [0.717, 1.165) is 6.42 Å². The van der Waals surface area contributed by atoms with Gasteiger partial charge in [-0.1, -0.05) is 32.0 Å². The Hall–Kier alpha value is -3.62.